The number of hydrogen-bond donors (Lipinski definition) is 1. The van der Waals surface area contributed by atoms with Gasteiger partial charge < -0.3 is 9.84 Å². The number of halogens is 6. The number of carbonyl (C=O) groups is 1. The average molecular weight is 292 g/mol. The summed E-state index contributed by atoms with van der Waals surface area (Å²) in [5.74, 6) is -3.03. The third kappa shape index (κ3) is 3.42. The summed E-state index contributed by atoms with van der Waals surface area (Å²) < 4.78 is 63.9. The maximum absolute atomic E-state index is 12.4. The standard InChI is InChI=1S/C8H3ClF5NO3/c9-5-3(18-8(12,13)14)1-2(6(10)11)4(15-5)7(16)17/h1,6H,(H,16,17). The lowest BCUT2D eigenvalue weighted by Gasteiger charge is -2.12. The van der Waals surface area contributed by atoms with E-state index in [0.717, 1.165) is 0 Å². The van der Waals surface area contributed by atoms with Crippen molar-refractivity contribution < 1.29 is 36.6 Å². The van der Waals surface area contributed by atoms with Crippen molar-refractivity contribution in [2.45, 2.75) is 12.8 Å². The molecule has 1 aromatic rings. The van der Waals surface area contributed by atoms with Crippen LogP contribution in [-0.4, -0.2) is 22.4 Å². The van der Waals surface area contributed by atoms with Gasteiger partial charge in [0, 0.05) is 0 Å². The second-order valence-electron chi connectivity index (χ2n) is 2.87. The fourth-order valence-electron chi connectivity index (χ4n) is 1.02. The van der Waals surface area contributed by atoms with E-state index in [2.05, 4.69) is 9.72 Å². The Bertz CT molecular complexity index is 477. The van der Waals surface area contributed by atoms with Crippen molar-refractivity contribution >= 4 is 17.6 Å². The zero-order valence-corrected chi connectivity index (χ0v) is 8.89. The molecule has 1 aromatic heterocycles. The highest BCUT2D eigenvalue weighted by atomic mass is 35.5. The molecule has 0 spiro atoms. The molecule has 10 heteroatoms. The van der Waals surface area contributed by atoms with Gasteiger partial charge in [0.1, 0.15) is 0 Å². The molecular weight excluding hydrogens is 289 g/mol. The van der Waals surface area contributed by atoms with Gasteiger partial charge in [-0.05, 0) is 6.07 Å². The molecule has 0 saturated carbocycles. The van der Waals surface area contributed by atoms with E-state index >= 15 is 0 Å². The van der Waals surface area contributed by atoms with Gasteiger partial charge in [0.15, 0.2) is 16.6 Å². The van der Waals surface area contributed by atoms with Crippen molar-refractivity contribution in [2.24, 2.45) is 0 Å². The molecule has 0 atom stereocenters. The van der Waals surface area contributed by atoms with E-state index in [-0.39, 0.29) is 6.07 Å². The van der Waals surface area contributed by atoms with Gasteiger partial charge in [0.2, 0.25) is 0 Å². The van der Waals surface area contributed by atoms with Gasteiger partial charge in [-0.2, -0.15) is 0 Å². The van der Waals surface area contributed by atoms with E-state index in [9.17, 15) is 26.7 Å². The van der Waals surface area contributed by atoms with Crippen LogP contribution in [0.25, 0.3) is 0 Å². The van der Waals surface area contributed by atoms with E-state index in [1.807, 2.05) is 0 Å². The topological polar surface area (TPSA) is 59.4 Å². The van der Waals surface area contributed by atoms with Crippen LogP contribution in [0.4, 0.5) is 22.0 Å². The highest BCUT2D eigenvalue weighted by Crippen LogP contribution is 2.34. The third-order valence-corrected chi connectivity index (χ3v) is 1.91. The first-order valence-corrected chi connectivity index (χ1v) is 4.47. The summed E-state index contributed by atoms with van der Waals surface area (Å²) in [7, 11) is 0. The molecule has 18 heavy (non-hydrogen) atoms. The first-order chi connectivity index (χ1) is 8.11. The molecule has 100 valence electrons. The molecule has 1 N–H and O–H groups in total. The molecule has 4 nitrogen and oxygen atoms in total. The lowest BCUT2D eigenvalue weighted by atomic mass is 10.2. The number of carboxylic acid groups (broad SMARTS) is 1. The van der Waals surface area contributed by atoms with Gasteiger partial charge in [0.05, 0.1) is 5.56 Å². The van der Waals surface area contributed by atoms with E-state index in [0.29, 0.717) is 0 Å². The monoisotopic (exact) mass is 291 g/mol. The molecule has 1 rings (SSSR count). The van der Waals surface area contributed by atoms with Crippen LogP contribution >= 0.6 is 11.6 Å². The Hall–Kier alpha value is -1.64. The highest BCUT2D eigenvalue weighted by molar-refractivity contribution is 6.31. The fourth-order valence-corrected chi connectivity index (χ4v) is 1.20. The maximum Gasteiger partial charge on any atom is 0.573 e. The summed E-state index contributed by atoms with van der Waals surface area (Å²) in [6.07, 6.45) is -8.49. The molecule has 1 heterocycles. The summed E-state index contributed by atoms with van der Waals surface area (Å²) in [5.41, 5.74) is -2.35. The first-order valence-electron chi connectivity index (χ1n) is 4.09. The molecule has 0 unspecified atom stereocenters. The highest BCUT2D eigenvalue weighted by Gasteiger charge is 2.34. The molecular formula is C8H3ClF5NO3. The number of nitrogens with zero attached hydrogens (tertiary/aromatic N) is 1. The summed E-state index contributed by atoms with van der Waals surface area (Å²) in [6.45, 7) is 0. The Labute approximate surface area is 101 Å². The fraction of sp³-hybridized carbons (Fsp3) is 0.250. The molecule has 0 saturated heterocycles. The number of alkyl halides is 5. The molecule has 0 aliphatic carbocycles. The minimum absolute atomic E-state index is 0.191. The summed E-state index contributed by atoms with van der Waals surface area (Å²) in [6, 6.07) is 0.191. The first kappa shape index (κ1) is 14.4. The summed E-state index contributed by atoms with van der Waals surface area (Å²) in [5, 5.41) is 7.57. The van der Waals surface area contributed by atoms with Crippen molar-refractivity contribution in [1.29, 1.82) is 0 Å². The number of aromatic carboxylic acids is 1. The van der Waals surface area contributed by atoms with E-state index in [1.54, 1.807) is 0 Å². The van der Waals surface area contributed by atoms with Crippen LogP contribution in [0.3, 0.4) is 0 Å². The van der Waals surface area contributed by atoms with Crippen molar-refractivity contribution in [3.8, 4) is 5.75 Å². The number of hydrogen-bond acceptors (Lipinski definition) is 3. The Kier molecular flexibility index (Phi) is 3.95. The molecule has 0 aliphatic rings. The molecule has 0 radical (unpaired) electrons. The van der Waals surface area contributed by atoms with Crippen LogP contribution in [0.5, 0.6) is 5.75 Å². The van der Waals surface area contributed by atoms with Crippen LogP contribution in [-0.2, 0) is 0 Å². The number of aromatic nitrogens is 1. The molecule has 0 aliphatic heterocycles. The SMILES string of the molecule is O=C(O)c1nc(Cl)c(OC(F)(F)F)cc1C(F)F. The number of ether oxygens (including phenoxy) is 1. The minimum atomic E-state index is -5.16. The van der Waals surface area contributed by atoms with E-state index in [1.165, 1.54) is 0 Å². The molecule has 0 fully saturated rings. The Morgan fingerprint density at radius 1 is 1.44 bits per heavy atom. The van der Waals surface area contributed by atoms with Gasteiger partial charge in [-0.3, -0.25) is 0 Å². The second-order valence-corrected chi connectivity index (χ2v) is 3.23. The van der Waals surface area contributed by atoms with Crippen molar-refractivity contribution in [3.05, 3.63) is 22.5 Å². The van der Waals surface area contributed by atoms with Crippen molar-refractivity contribution in [2.75, 3.05) is 0 Å². The van der Waals surface area contributed by atoms with Crippen molar-refractivity contribution in [1.82, 2.24) is 4.98 Å². The van der Waals surface area contributed by atoms with Crippen LogP contribution in [0.15, 0.2) is 6.07 Å². The molecule has 0 amide bonds. The zero-order valence-electron chi connectivity index (χ0n) is 8.13. The second kappa shape index (κ2) is 4.92. The van der Waals surface area contributed by atoms with Crippen molar-refractivity contribution in [3.63, 3.8) is 0 Å². The van der Waals surface area contributed by atoms with E-state index < -0.39 is 40.9 Å². The third-order valence-electron chi connectivity index (χ3n) is 1.64. The quantitative estimate of drug-likeness (QED) is 0.686. The zero-order chi connectivity index (χ0) is 14.1. The van der Waals surface area contributed by atoms with Gasteiger partial charge in [-0.1, -0.05) is 11.6 Å². The molecule has 0 bridgehead atoms. The van der Waals surface area contributed by atoms with Gasteiger partial charge in [0.25, 0.3) is 6.43 Å². The largest absolute Gasteiger partial charge is 0.573 e. The summed E-state index contributed by atoms with van der Waals surface area (Å²) >= 11 is 5.21. The molecule has 0 aromatic carbocycles. The Balaban J connectivity index is 3.32. The van der Waals surface area contributed by atoms with Crippen LogP contribution < -0.4 is 4.74 Å². The van der Waals surface area contributed by atoms with Crippen LogP contribution in [0.1, 0.15) is 22.5 Å². The minimum Gasteiger partial charge on any atom is -0.476 e. The predicted octanol–water partition coefficient (Wildman–Crippen LogP) is 3.27. The van der Waals surface area contributed by atoms with Gasteiger partial charge >= 0.3 is 12.3 Å². The Morgan fingerprint density at radius 3 is 2.39 bits per heavy atom. The Morgan fingerprint density at radius 2 is 2.00 bits per heavy atom. The number of carboxylic acids is 1. The maximum atomic E-state index is 12.4. The predicted molar refractivity (Wildman–Crippen MR) is 47.8 cm³/mol. The number of pyridine rings is 1. The summed E-state index contributed by atoms with van der Waals surface area (Å²) in [4.78, 5) is 13.5. The van der Waals surface area contributed by atoms with Crippen LogP contribution in [0, 0.1) is 0 Å². The smallest absolute Gasteiger partial charge is 0.476 e. The lowest BCUT2D eigenvalue weighted by Crippen LogP contribution is -2.18. The lowest BCUT2D eigenvalue weighted by molar-refractivity contribution is -0.274. The van der Waals surface area contributed by atoms with Gasteiger partial charge in [-0.15, -0.1) is 13.2 Å². The average Bonchev–Trinajstić information content (AvgIpc) is 2.17. The number of rotatable bonds is 3. The normalized spacial score (nSPS) is 11.7. The van der Waals surface area contributed by atoms with Gasteiger partial charge in [-0.25, -0.2) is 18.6 Å². The van der Waals surface area contributed by atoms with E-state index in [4.69, 9.17) is 16.7 Å². The van der Waals surface area contributed by atoms with Crippen LogP contribution in [0.2, 0.25) is 5.15 Å².